The van der Waals surface area contributed by atoms with Gasteiger partial charge < -0.3 is 25.7 Å². The fourth-order valence-corrected chi connectivity index (χ4v) is 2.02. The Morgan fingerprint density at radius 2 is 1.68 bits per heavy atom. The minimum atomic E-state index is -1.76. The van der Waals surface area contributed by atoms with Gasteiger partial charge in [0.05, 0.1) is 6.61 Å². The number of amides is 1. The van der Waals surface area contributed by atoms with Gasteiger partial charge >= 0.3 is 0 Å². The molecule has 0 aliphatic heterocycles. The van der Waals surface area contributed by atoms with Crippen molar-refractivity contribution in [2.24, 2.45) is 0 Å². The van der Waals surface area contributed by atoms with E-state index in [2.05, 4.69) is 5.32 Å². The second-order valence-electron chi connectivity index (χ2n) is 5.04. The van der Waals surface area contributed by atoms with E-state index in [9.17, 15) is 24.9 Å². The molecule has 0 heterocycles. The normalized spacial score (nSPS) is 16.4. The molecule has 0 saturated carbocycles. The highest BCUT2D eigenvalue weighted by molar-refractivity contribution is 5.90. The number of nitrogens with one attached hydrogen (secondary N) is 1. The third kappa shape index (κ3) is 5.19. The van der Waals surface area contributed by atoms with Crippen LogP contribution in [0.2, 0.25) is 0 Å². The molecule has 22 heavy (non-hydrogen) atoms. The maximum absolute atomic E-state index is 12.3. The van der Waals surface area contributed by atoms with E-state index in [1.54, 1.807) is 30.3 Å². The molecule has 7 nitrogen and oxygen atoms in total. The van der Waals surface area contributed by atoms with Crippen molar-refractivity contribution in [3.8, 4) is 0 Å². The number of hydrogen-bond acceptors (Lipinski definition) is 6. The van der Waals surface area contributed by atoms with Gasteiger partial charge in [-0.15, -0.1) is 0 Å². The van der Waals surface area contributed by atoms with Crippen LogP contribution in [-0.4, -0.2) is 63.1 Å². The van der Waals surface area contributed by atoms with Crippen LogP contribution in [0.5, 0.6) is 0 Å². The van der Waals surface area contributed by atoms with E-state index in [4.69, 9.17) is 5.11 Å². The quantitative estimate of drug-likeness (QED) is 0.393. The van der Waals surface area contributed by atoms with Crippen molar-refractivity contribution in [3.63, 3.8) is 0 Å². The molecule has 1 aromatic rings. The average Bonchev–Trinajstić information content (AvgIpc) is 2.51. The van der Waals surface area contributed by atoms with E-state index in [1.165, 1.54) is 6.92 Å². The predicted octanol–water partition coefficient (Wildman–Crippen LogP) is -1.62. The van der Waals surface area contributed by atoms with Gasteiger partial charge in [-0.1, -0.05) is 30.3 Å². The standard InChI is InChI=1S/C15H21NO6/c1-9(18)16-13(15(22)14(21)12(20)8-17)11(19)7-10-5-3-2-4-6-10/h2-6,12-15,17,20-22H,7-8H2,1H3,(H,16,18)/t12-,13+,14-,15-/m1/s1. The summed E-state index contributed by atoms with van der Waals surface area (Å²) in [5, 5.41) is 40.2. The second kappa shape index (κ2) is 8.60. The predicted molar refractivity (Wildman–Crippen MR) is 77.9 cm³/mol. The van der Waals surface area contributed by atoms with Crippen molar-refractivity contribution in [1.29, 1.82) is 0 Å². The van der Waals surface area contributed by atoms with E-state index < -0.39 is 42.7 Å². The van der Waals surface area contributed by atoms with E-state index in [0.717, 1.165) is 0 Å². The van der Waals surface area contributed by atoms with Crippen molar-refractivity contribution in [3.05, 3.63) is 35.9 Å². The zero-order valence-corrected chi connectivity index (χ0v) is 12.2. The Kier molecular flexibility index (Phi) is 7.13. The van der Waals surface area contributed by atoms with Gasteiger partial charge in [0.2, 0.25) is 5.91 Å². The molecule has 4 atom stereocenters. The van der Waals surface area contributed by atoms with Gasteiger partial charge in [-0.2, -0.15) is 0 Å². The van der Waals surface area contributed by atoms with Crippen LogP contribution in [0.25, 0.3) is 0 Å². The summed E-state index contributed by atoms with van der Waals surface area (Å²) in [6.45, 7) is 0.391. The first-order valence-corrected chi connectivity index (χ1v) is 6.85. The third-order valence-corrected chi connectivity index (χ3v) is 3.20. The van der Waals surface area contributed by atoms with Gasteiger partial charge in [0.15, 0.2) is 5.78 Å². The molecule has 1 amide bonds. The van der Waals surface area contributed by atoms with Crippen LogP contribution in [0.1, 0.15) is 12.5 Å². The van der Waals surface area contributed by atoms with Crippen LogP contribution in [0.4, 0.5) is 0 Å². The molecule has 0 aliphatic carbocycles. The Labute approximate surface area is 128 Å². The van der Waals surface area contributed by atoms with Crippen molar-refractivity contribution in [1.82, 2.24) is 5.32 Å². The molecular formula is C15H21NO6. The van der Waals surface area contributed by atoms with Crippen LogP contribution in [0.3, 0.4) is 0 Å². The lowest BCUT2D eigenvalue weighted by Crippen LogP contribution is -2.56. The summed E-state index contributed by atoms with van der Waals surface area (Å²) >= 11 is 0. The van der Waals surface area contributed by atoms with E-state index in [0.29, 0.717) is 5.56 Å². The lowest BCUT2D eigenvalue weighted by molar-refractivity contribution is -0.136. The fourth-order valence-electron chi connectivity index (χ4n) is 2.02. The van der Waals surface area contributed by atoms with Gasteiger partial charge in [0.1, 0.15) is 24.4 Å². The average molecular weight is 311 g/mol. The molecule has 122 valence electrons. The van der Waals surface area contributed by atoms with Gasteiger partial charge in [-0.3, -0.25) is 9.59 Å². The number of carbonyl (C=O) groups excluding carboxylic acids is 2. The van der Waals surface area contributed by atoms with Crippen LogP contribution in [-0.2, 0) is 16.0 Å². The maximum Gasteiger partial charge on any atom is 0.217 e. The van der Waals surface area contributed by atoms with E-state index in [-0.39, 0.29) is 6.42 Å². The Balaban J connectivity index is 2.87. The lowest BCUT2D eigenvalue weighted by Gasteiger charge is -2.28. The van der Waals surface area contributed by atoms with Crippen molar-refractivity contribution in [2.45, 2.75) is 37.7 Å². The summed E-state index contributed by atoms with van der Waals surface area (Å²) < 4.78 is 0. The largest absolute Gasteiger partial charge is 0.394 e. The van der Waals surface area contributed by atoms with Crippen LogP contribution in [0, 0.1) is 0 Å². The first kappa shape index (κ1) is 18.2. The van der Waals surface area contributed by atoms with Gasteiger partial charge in [0, 0.05) is 13.3 Å². The number of benzene rings is 1. The molecule has 5 N–H and O–H groups in total. The van der Waals surface area contributed by atoms with Crippen LogP contribution in [0.15, 0.2) is 30.3 Å². The summed E-state index contributed by atoms with van der Waals surface area (Å²) in [6, 6.07) is 7.33. The van der Waals surface area contributed by atoms with E-state index >= 15 is 0 Å². The highest BCUT2D eigenvalue weighted by Gasteiger charge is 2.35. The van der Waals surface area contributed by atoms with Crippen LogP contribution < -0.4 is 5.32 Å². The highest BCUT2D eigenvalue weighted by atomic mass is 16.4. The summed E-state index contributed by atoms with van der Waals surface area (Å²) in [5.41, 5.74) is 0.687. The Morgan fingerprint density at radius 1 is 1.09 bits per heavy atom. The molecule has 0 unspecified atom stereocenters. The minimum absolute atomic E-state index is 0.0508. The molecule has 0 saturated heterocycles. The van der Waals surface area contributed by atoms with Gasteiger partial charge in [-0.25, -0.2) is 0 Å². The molecule has 0 bridgehead atoms. The summed E-state index contributed by atoms with van der Waals surface area (Å²) in [5.74, 6) is -1.07. The number of hydrogen-bond donors (Lipinski definition) is 5. The SMILES string of the molecule is CC(=O)N[C@@H](C(=O)Cc1ccccc1)[C@@H](O)[C@H](O)[C@H](O)CO. The molecule has 0 aliphatic rings. The molecule has 0 fully saturated rings. The maximum atomic E-state index is 12.3. The highest BCUT2D eigenvalue weighted by Crippen LogP contribution is 2.10. The topological polar surface area (TPSA) is 127 Å². The van der Waals surface area contributed by atoms with Gasteiger partial charge in [0.25, 0.3) is 0 Å². The summed E-state index contributed by atoms with van der Waals surface area (Å²) in [4.78, 5) is 23.5. The minimum Gasteiger partial charge on any atom is -0.394 e. The first-order chi connectivity index (χ1) is 10.4. The molecular weight excluding hydrogens is 290 g/mol. The molecule has 0 spiro atoms. The number of ketones is 1. The molecule has 1 rings (SSSR count). The van der Waals surface area contributed by atoms with Gasteiger partial charge in [-0.05, 0) is 5.56 Å². The van der Waals surface area contributed by atoms with Crippen LogP contribution >= 0.6 is 0 Å². The Hall–Kier alpha value is -1.80. The number of Topliss-reactive ketones (excluding diaryl/α,β-unsaturated/α-hetero) is 1. The van der Waals surface area contributed by atoms with Crippen molar-refractivity contribution >= 4 is 11.7 Å². The zero-order chi connectivity index (χ0) is 16.7. The fraction of sp³-hybridized carbons (Fsp3) is 0.467. The first-order valence-electron chi connectivity index (χ1n) is 6.85. The molecule has 0 radical (unpaired) electrons. The Bertz CT molecular complexity index is 492. The molecule has 0 aromatic heterocycles. The zero-order valence-electron chi connectivity index (χ0n) is 12.2. The molecule has 1 aromatic carbocycles. The smallest absolute Gasteiger partial charge is 0.217 e. The second-order valence-corrected chi connectivity index (χ2v) is 5.04. The number of aliphatic hydroxyl groups excluding tert-OH is 4. The van der Waals surface area contributed by atoms with E-state index in [1.807, 2.05) is 0 Å². The Morgan fingerprint density at radius 3 is 2.18 bits per heavy atom. The van der Waals surface area contributed by atoms with Crippen molar-refractivity contribution < 1.29 is 30.0 Å². The lowest BCUT2D eigenvalue weighted by atomic mass is 9.94. The number of carbonyl (C=O) groups is 2. The number of rotatable bonds is 8. The summed E-state index contributed by atoms with van der Waals surface area (Å²) in [6.07, 6.45) is -5.16. The number of aliphatic hydroxyl groups is 4. The summed E-state index contributed by atoms with van der Waals surface area (Å²) in [7, 11) is 0. The molecule has 7 heteroatoms. The monoisotopic (exact) mass is 311 g/mol. The third-order valence-electron chi connectivity index (χ3n) is 3.20. The van der Waals surface area contributed by atoms with Crippen molar-refractivity contribution in [2.75, 3.05) is 6.61 Å².